The van der Waals surface area contributed by atoms with E-state index in [4.69, 9.17) is 10.2 Å². The first-order chi connectivity index (χ1) is 12.0. The lowest BCUT2D eigenvalue weighted by Gasteiger charge is -2.05. The Morgan fingerprint density at radius 2 is 1.96 bits per heavy atom. The van der Waals surface area contributed by atoms with E-state index in [1.54, 1.807) is 6.20 Å². The second-order valence-corrected chi connectivity index (χ2v) is 5.60. The average molecular weight is 339 g/mol. The Morgan fingerprint density at radius 3 is 2.64 bits per heavy atom. The maximum absolute atomic E-state index is 12.7. The number of aryl methyl sites for hydroxylation is 1. The van der Waals surface area contributed by atoms with Gasteiger partial charge in [-0.2, -0.15) is 4.98 Å². The lowest BCUT2D eigenvalue weighted by atomic mass is 10.2. The van der Waals surface area contributed by atoms with Gasteiger partial charge in [-0.1, -0.05) is 30.3 Å². The molecule has 1 aromatic carbocycles. The van der Waals surface area contributed by atoms with Crippen LogP contribution < -0.4 is 17.0 Å². The predicted molar refractivity (Wildman–Crippen MR) is 89.1 cm³/mol. The maximum Gasteiger partial charge on any atom is 0.332 e. The molecule has 0 radical (unpaired) electrons. The smallest absolute Gasteiger partial charge is 0.332 e. The highest BCUT2D eigenvalue weighted by atomic mass is 16.4. The van der Waals surface area contributed by atoms with E-state index in [0.29, 0.717) is 5.76 Å². The van der Waals surface area contributed by atoms with Crippen LogP contribution in [-0.4, -0.2) is 24.4 Å². The van der Waals surface area contributed by atoms with Crippen LogP contribution in [0.15, 0.2) is 50.5 Å². The van der Waals surface area contributed by atoms with E-state index in [-0.39, 0.29) is 17.0 Å². The molecular formula is C16H13N5O4. The highest BCUT2D eigenvalue weighted by molar-refractivity contribution is 5.77. The summed E-state index contributed by atoms with van der Waals surface area (Å²) in [5, 5.41) is 0. The van der Waals surface area contributed by atoms with Crippen molar-refractivity contribution in [2.45, 2.75) is 6.54 Å². The maximum atomic E-state index is 12.7. The number of amides is 1. The average Bonchev–Trinajstić information content (AvgIpc) is 3.15. The third kappa shape index (κ3) is 2.17. The quantitative estimate of drug-likeness (QED) is 0.568. The van der Waals surface area contributed by atoms with Crippen LogP contribution in [0.25, 0.3) is 28.3 Å². The van der Waals surface area contributed by atoms with Crippen molar-refractivity contribution in [1.82, 2.24) is 18.5 Å². The minimum atomic E-state index is -0.781. The van der Waals surface area contributed by atoms with Gasteiger partial charge in [-0.25, -0.2) is 9.36 Å². The second kappa shape index (κ2) is 5.20. The first-order valence-electron chi connectivity index (χ1n) is 7.42. The van der Waals surface area contributed by atoms with Gasteiger partial charge in [0.2, 0.25) is 5.91 Å². The molecule has 0 unspecified atom stereocenters. The van der Waals surface area contributed by atoms with Crippen molar-refractivity contribution in [3.63, 3.8) is 0 Å². The molecule has 1 amide bonds. The van der Waals surface area contributed by atoms with Crippen LogP contribution in [0.5, 0.6) is 0 Å². The fourth-order valence-corrected chi connectivity index (χ4v) is 2.78. The third-order valence-corrected chi connectivity index (χ3v) is 3.96. The summed E-state index contributed by atoms with van der Waals surface area (Å²) in [5.41, 5.74) is 4.96. The van der Waals surface area contributed by atoms with Gasteiger partial charge in [0, 0.05) is 12.6 Å². The molecule has 0 spiro atoms. The highest BCUT2D eigenvalue weighted by Gasteiger charge is 2.20. The van der Waals surface area contributed by atoms with Crippen molar-refractivity contribution in [2.24, 2.45) is 12.8 Å². The summed E-state index contributed by atoms with van der Waals surface area (Å²) in [6.45, 7) is -0.502. The van der Waals surface area contributed by atoms with Gasteiger partial charge in [0.1, 0.15) is 6.54 Å². The summed E-state index contributed by atoms with van der Waals surface area (Å²) in [7, 11) is 1.46. The standard InChI is InChI=1S/C16H13N5O4/c1-19-13-12(14(23)21(16(19)24)8-11(17)22)20-7-10(25-15(20)18-13)9-5-3-2-4-6-9/h2-7H,8H2,1H3,(H2,17,22). The lowest BCUT2D eigenvalue weighted by Crippen LogP contribution is -2.42. The molecule has 0 bridgehead atoms. The van der Waals surface area contributed by atoms with Gasteiger partial charge in [-0.3, -0.25) is 18.6 Å². The van der Waals surface area contributed by atoms with Crippen LogP contribution in [-0.2, 0) is 18.4 Å². The number of benzene rings is 1. The molecule has 25 heavy (non-hydrogen) atoms. The number of hydrogen-bond donors (Lipinski definition) is 1. The van der Waals surface area contributed by atoms with Gasteiger partial charge in [-0.05, 0) is 0 Å². The Hall–Kier alpha value is -3.62. The predicted octanol–water partition coefficient (Wildman–Crippen LogP) is 0.0932. The second-order valence-electron chi connectivity index (χ2n) is 5.60. The van der Waals surface area contributed by atoms with Crippen LogP contribution >= 0.6 is 0 Å². The molecule has 0 fully saturated rings. The number of primary amides is 1. The highest BCUT2D eigenvalue weighted by Crippen LogP contribution is 2.24. The van der Waals surface area contributed by atoms with E-state index < -0.39 is 23.7 Å². The zero-order chi connectivity index (χ0) is 17.7. The zero-order valence-corrected chi connectivity index (χ0v) is 13.2. The van der Waals surface area contributed by atoms with E-state index in [9.17, 15) is 14.4 Å². The zero-order valence-electron chi connectivity index (χ0n) is 13.2. The van der Waals surface area contributed by atoms with E-state index in [1.165, 1.54) is 16.0 Å². The largest absolute Gasteiger partial charge is 0.423 e. The minimum absolute atomic E-state index is 0.143. The summed E-state index contributed by atoms with van der Waals surface area (Å²) < 4.78 is 9.15. The van der Waals surface area contributed by atoms with Crippen molar-refractivity contribution in [1.29, 1.82) is 0 Å². The molecule has 0 aliphatic carbocycles. The van der Waals surface area contributed by atoms with Crippen LogP contribution in [0.1, 0.15) is 0 Å². The Morgan fingerprint density at radius 1 is 1.24 bits per heavy atom. The monoisotopic (exact) mass is 339 g/mol. The number of imidazole rings is 1. The molecule has 0 atom stereocenters. The molecule has 3 heterocycles. The van der Waals surface area contributed by atoms with Crippen LogP contribution in [0.2, 0.25) is 0 Å². The topological polar surface area (TPSA) is 118 Å². The van der Waals surface area contributed by atoms with Crippen molar-refractivity contribution in [3.05, 3.63) is 57.4 Å². The van der Waals surface area contributed by atoms with E-state index >= 15 is 0 Å². The van der Waals surface area contributed by atoms with Crippen molar-refractivity contribution in [3.8, 4) is 11.3 Å². The molecule has 0 saturated heterocycles. The Bertz CT molecular complexity index is 1240. The van der Waals surface area contributed by atoms with Gasteiger partial charge in [0.25, 0.3) is 5.56 Å². The Labute approximate surface area is 139 Å². The Kier molecular flexibility index (Phi) is 3.11. The minimum Gasteiger partial charge on any atom is -0.423 e. The summed E-state index contributed by atoms with van der Waals surface area (Å²) in [4.78, 5) is 40.4. The van der Waals surface area contributed by atoms with Gasteiger partial charge in [-0.15, -0.1) is 0 Å². The summed E-state index contributed by atoms with van der Waals surface area (Å²) in [6, 6.07) is 9.33. The molecule has 0 aliphatic heterocycles. The molecule has 2 N–H and O–H groups in total. The molecule has 9 nitrogen and oxygen atoms in total. The fourth-order valence-electron chi connectivity index (χ4n) is 2.78. The molecule has 4 rings (SSSR count). The van der Waals surface area contributed by atoms with Gasteiger partial charge >= 0.3 is 11.5 Å². The number of nitrogens with zero attached hydrogens (tertiary/aromatic N) is 4. The summed E-state index contributed by atoms with van der Waals surface area (Å²) >= 11 is 0. The molecule has 3 aromatic heterocycles. The number of carbonyl (C=O) groups is 1. The first kappa shape index (κ1) is 14.9. The normalized spacial score (nSPS) is 11.4. The number of carbonyl (C=O) groups excluding carboxylic acids is 1. The van der Waals surface area contributed by atoms with Crippen molar-refractivity contribution in [2.75, 3.05) is 0 Å². The van der Waals surface area contributed by atoms with Crippen molar-refractivity contribution < 1.29 is 9.21 Å². The lowest BCUT2D eigenvalue weighted by molar-refractivity contribution is -0.118. The first-order valence-corrected chi connectivity index (χ1v) is 7.42. The number of aromatic nitrogens is 4. The van der Waals surface area contributed by atoms with Gasteiger partial charge < -0.3 is 10.2 Å². The third-order valence-electron chi connectivity index (χ3n) is 3.96. The molecule has 0 aliphatic rings. The molecule has 4 aromatic rings. The number of nitrogens with two attached hydrogens (primary N) is 1. The van der Waals surface area contributed by atoms with Crippen molar-refractivity contribution >= 4 is 22.9 Å². The summed E-state index contributed by atoms with van der Waals surface area (Å²) in [6.07, 6.45) is 1.63. The van der Waals surface area contributed by atoms with Gasteiger partial charge in [0.15, 0.2) is 16.9 Å². The van der Waals surface area contributed by atoms with E-state index in [1.807, 2.05) is 30.3 Å². The SMILES string of the molecule is Cn1c(=O)n(CC(N)=O)c(=O)c2c1nc1oc(-c3ccccc3)cn12. The van der Waals surface area contributed by atoms with Crippen LogP contribution in [0.4, 0.5) is 0 Å². The van der Waals surface area contributed by atoms with Crippen LogP contribution in [0, 0.1) is 0 Å². The molecular weight excluding hydrogens is 326 g/mol. The van der Waals surface area contributed by atoms with E-state index in [2.05, 4.69) is 4.98 Å². The number of oxazole rings is 1. The van der Waals surface area contributed by atoms with Crippen LogP contribution in [0.3, 0.4) is 0 Å². The molecule has 9 heteroatoms. The number of hydrogen-bond acceptors (Lipinski definition) is 5. The Balaban J connectivity index is 2.06. The molecule has 126 valence electrons. The summed E-state index contributed by atoms with van der Waals surface area (Å²) in [5.74, 6) is -0.0750. The number of rotatable bonds is 3. The number of fused-ring (bicyclic) bond motifs is 3. The van der Waals surface area contributed by atoms with Gasteiger partial charge in [0.05, 0.1) is 6.20 Å². The van der Waals surface area contributed by atoms with E-state index in [0.717, 1.165) is 10.1 Å². The molecule has 0 saturated carbocycles. The fraction of sp³-hybridized carbons (Fsp3) is 0.125.